The third kappa shape index (κ3) is 4.06. The molecule has 2 heterocycles. The van der Waals surface area contributed by atoms with Crippen LogP contribution < -0.4 is 10.6 Å². The molecule has 6 heteroatoms. The molecule has 23 heavy (non-hydrogen) atoms. The van der Waals surface area contributed by atoms with Crippen LogP contribution in [0, 0.1) is 0 Å². The van der Waals surface area contributed by atoms with Gasteiger partial charge in [-0.15, -0.1) is 0 Å². The molecule has 1 amide bonds. The average Bonchev–Trinajstić information content (AvgIpc) is 3.10. The summed E-state index contributed by atoms with van der Waals surface area (Å²) in [5, 5.41) is 7.07. The molecule has 118 valence electrons. The number of carbonyl (C=O) groups is 1. The van der Waals surface area contributed by atoms with Gasteiger partial charge in [-0.25, -0.2) is 9.97 Å². The Morgan fingerprint density at radius 2 is 2.04 bits per heavy atom. The maximum absolute atomic E-state index is 11.8. The fraction of sp³-hybridized carbons (Fsp3) is 0.235. The first-order chi connectivity index (χ1) is 11.3. The maximum atomic E-state index is 11.8. The van der Waals surface area contributed by atoms with Gasteiger partial charge in [0.25, 0.3) is 0 Å². The van der Waals surface area contributed by atoms with Gasteiger partial charge in [0, 0.05) is 18.4 Å². The summed E-state index contributed by atoms with van der Waals surface area (Å²) in [4.78, 5) is 20.2. The molecule has 0 bridgehead atoms. The van der Waals surface area contributed by atoms with Crippen LogP contribution in [0.15, 0.2) is 53.4 Å². The molecule has 0 saturated carbocycles. The number of hydrogen-bond donors (Lipinski definition) is 2. The number of para-hydroxylation sites is 1. The van der Waals surface area contributed by atoms with Crippen LogP contribution in [0.3, 0.4) is 0 Å². The number of nitrogens with zero attached hydrogens (tertiary/aromatic N) is 2. The minimum absolute atomic E-state index is 0.00995. The van der Waals surface area contributed by atoms with Gasteiger partial charge in [0.2, 0.25) is 5.91 Å². The highest BCUT2D eigenvalue weighted by atomic mass is 16.3. The minimum Gasteiger partial charge on any atom is -0.467 e. The highest BCUT2D eigenvalue weighted by Gasteiger charge is 2.04. The minimum atomic E-state index is 0.00995. The lowest BCUT2D eigenvalue weighted by molar-refractivity contribution is -0.121. The van der Waals surface area contributed by atoms with Crippen molar-refractivity contribution in [3.8, 4) is 0 Å². The van der Waals surface area contributed by atoms with Crippen LogP contribution in [0.4, 0.5) is 5.82 Å². The van der Waals surface area contributed by atoms with Crippen molar-refractivity contribution in [2.24, 2.45) is 0 Å². The Morgan fingerprint density at radius 3 is 2.91 bits per heavy atom. The van der Waals surface area contributed by atoms with Crippen molar-refractivity contribution in [3.63, 3.8) is 0 Å². The first-order valence-electron chi connectivity index (χ1n) is 7.55. The van der Waals surface area contributed by atoms with Crippen molar-refractivity contribution >= 4 is 22.6 Å². The van der Waals surface area contributed by atoms with E-state index in [2.05, 4.69) is 20.6 Å². The normalized spacial score (nSPS) is 10.6. The second-order valence-corrected chi connectivity index (χ2v) is 5.13. The van der Waals surface area contributed by atoms with Gasteiger partial charge in [-0.2, -0.15) is 0 Å². The number of amides is 1. The van der Waals surface area contributed by atoms with Gasteiger partial charge in [-0.1, -0.05) is 12.1 Å². The highest BCUT2D eigenvalue weighted by Crippen LogP contribution is 2.18. The van der Waals surface area contributed by atoms with Gasteiger partial charge in [0.1, 0.15) is 17.9 Å². The molecule has 0 unspecified atom stereocenters. The number of hydrogen-bond acceptors (Lipinski definition) is 5. The molecule has 0 aliphatic heterocycles. The topological polar surface area (TPSA) is 80.0 Å². The average molecular weight is 310 g/mol. The summed E-state index contributed by atoms with van der Waals surface area (Å²) in [7, 11) is 0. The number of aromatic nitrogens is 2. The lowest BCUT2D eigenvalue weighted by Gasteiger charge is -2.08. The van der Waals surface area contributed by atoms with Crippen LogP contribution in [0.1, 0.15) is 18.6 Å². The van der Waals surface area contributed by atoms with E-state index in [9.17, 15) is 4.79 Å². The first kappa shape index (κ1) is 15.0. The van der Waals surface area contributed by atoms with Crippen LogP contribution in [-0.4, -0.2) is 22.4 Å². The first-order valence-corrected chi connectivity index (χ1v) is 7.55. The number of fused-ring (bicyclic) bond motifs is 1. The molecule has 6 nitrogen and oxygen atoms in total. The molecule has 2 aromatic heterocycles. The van der Waals surface area contributed by atoms with E-state index in [-0.39, 0.29) is 5.91 Å². The van der Waals surface area contributed by atoms with Crippen molar-refractivity contribution in [2.75, 3.05) is 11.9 Å². The summed E-state index contributed by atoms with van der Waals surface area (Å²) >= 11 is 0. The quantitative estimate of drug-likeness (QED) is 0.656. The Kier molecular flexibility index (Phi) is 4.83. The number of carbonyl (C=O) groups excluding carboxylic acids is 1. The Hall–Kier alpha value is -2.89. The third-order valence-corrected chi connectivity index (χ3v) is 3.46. The number of benzene rings is 1. The SMILES string of the molecule is O=C(CCCNc1ncnc2ccccc12)NCc1ccco1. The molecule has 0 aliphatic rings. The molecule has 3 rings (SSSR count). The van der Waals surface area contributed by atoms with Crippen molar-refractivity contribution in [3.05, 3.63) is 54.7 Å². The second-order valence-electron chi connectivity index (χ2n) is 5.13. The van der Waals surface area contributed by atoms with E-state index in [0.717, 1.165) is 28.9 Å². The van der Waals surface area contributed by atoms with Crippen LogP contribution in [0.5, 0.6) is 0 Å². The molecule has 0 atom stereocenters. The van der Waals surface area contributed by atoms with E-state index in [0.29, 0.717) is 19.5 Å². The molecular formula is C17H18N4O2. The van der Waals surface area contributed by atoms with Crippen LogP contribution in [-0.2, 0) is 11.3 Å². The van der Waals surface area contributed by atoms with E-state index in [1.807, 2.05) is 30.3 Å². The van der Waals surface area contributed by atoms with Crippen molar-refractivity contribution in [2.45, 2.75) is 19.4 Å². The molecule has 2 N–H and O–H groups in total. The fourth-order valence-corrected chi connectivity index (χ4v) is 2.29. The van der Waals surface area contributed by atoms with Gasteiger partial charge in [0.05, 0.1) is 18.3 Å². The summed E-state index contributed by atoms with van der Waals surface area (Å²) in [6.45, 7) is 1.10. The number of rotatable bonds is 7. The highest BCUT2D eigenvalue weighted by molar-refractivity contribution is 5.88. The van der Waals surface area contributed by atoms with Crippen LogP contribution >= 0.6 is 0 Å². The predicted octanol–water partition coefficient (Wildman–Crippen LogP) is 2.73. The maximum Gasteiger partial charge on any atom is 0.220 e. The van der Waals surface area contributed by atoms with E-state index in [1.54, 1.807) is 18.7 Å². The molecule has 0 saturated heterocycles. The number of nitrogens with one attached hydrogen (secondary N) is 2. The molecule has 0 spiro atoms. The molecule has 0 fully saturated rings. The predicted molar refractivity (Wildman–Crippen MR) is 87.8 cm³/mol. The monoisotopic (exact) mass is 310 g/mol. The summed E-state index contributed by atoms with van der Waals surface area (Å²) in [6.07, 6.45) is 4.32. The molecule has 1 aromatic carbocycles. The lowest BCUT2D eigenvalue weighted by atomic mass is 10.2. The molecule has 3 aromatic rings. The Bertz CT molecular complexity index is 766. The molecular weight excluding hydrogens is 292 g/mol. The van der Waals surface area contributed by atoms with Crippen molar-refractivity contribution in [1.82, 2.24) is 15.3 Å². The largest absolute Gasteiger partial charge is 0.467 e. The fourth-order valence-electron chi connectivity index (χ4n) is 2.29. The Balaban J connectivity index is 1.43. The zero-order valence-electron chi connectivity index (χ0n) is 12.7. The van der Waals surface area contributed by atoms with Crippen molar-refractivity contribution in [1.29, 1.82) is 0 Å². The second kappa shape index (κ2) is 7.40. The number of anilines is 1. The molecule has 0 radical (unpaired) electrons. The van der Waals surface area contributed by atoms with Crippen molar-refractivity contribution < 1.29 is 9.21 Å². The van der Waals surface area contributed by atoms with Gasteiger partial charge in [0.15, 0.2) is 0 Å². The van der Waals surface area contributed by atoms with Gasteiger partial charge >= 0.3 is 0 Å². The van der Waals surface area contributed by atoms with Gasteiger partial charge < -0.3 is 15.1 Å². The standard InChI is InChI=1S/C17H18N4O2/c22-16(19-11-13-5-4-10-23-13)8-3-9-18-17-14-6-1-2-7-15(14)20-12-21-17/h1-2,4-7,10,12H,3,8-9,11H2,(H,19,22)(H,18,20,21). The Morgan fingerprint density at radius 1 is 1.13 bits per heavy atom. The third-order valence-electron chi connectivity index (χ3n) is 3.46. The van der Waals surface area contributed by atoms with Crippen LogP contribution in [0.25, 0.3) is 10.9 Å². The van der Waals surface area contributed by atoms with E-state index in [4.69, 9.17) is 4.42 Å². The Labute approximate surface area is 133 Å². The zero-order chi connectivity index (χ0) is 15.9. The summed E-state index contributed by atoms with van der Waals surface area (Å²) < 4.78 is 5.17. The lowest BCUT2D eigenvalue weighted by Crippen LogP contribution is -2.22. The number of furan rings is 1. The summed E-state index contributed by atoms with van der Waals surface area (Å²) in [5.74, 6) is 1.56. The summed E-state index contributed by atoms with van der Waals surface area (Å²) in [6, 6.07) is 11.5. The smallest absolute Gasteiger partial charge is 0.220 e. The van der Waals surface area contributed by atoms with Gasteiger partial charge in [-0.05, 0) is 30.7 Å². The van der Waals surface area contributed by atoms with Crippen LogP contribution in [0.2, 0.25) is 0 Å². The van der Waals surface area contributed by atoms with E-state index >= 15 is 0 Å². The van der Waals surface area contributed by atoms with E-state index in [1.165, 1.54) is 0 Å². The van der Waals surface area contributed by atoms with Gasteiger partial charge in [-0.3, -0.25) is 4.79 Å². The molecule has 0 aliphatic carbocycles. The van der Waals surface area contributed by atoms with E-state index < -0.39 is 0 Å². The zero-order valence-corrected chi connectivity index (χ0v) is 12.7. The summed E-state index contributed by atoms with van der Waals surface area (Å²) in [5.41, 5.74) is 0.904.